The van der Waals surface area contributed by atoms with Crippen molar-refractivity contribution in [3.63, 3.8) is 0 Å². The Morgan fingerprint density at radius 1 is 1.67 bits per heavy atom. The fraction of sp³-hybridized carbons (Fsp3) is 0.571. The number of nitrogens with zero attached hydrogens (tertiary/aromatic N) is 2. The third-order valence-corrected chi connectivity index (χ3v) is 1.90. The fourth-order valence-corrected chi connectivity index (χ4v) is 0.945. The van der Waals surface area contributed by atoms with E-state index in [0.29, 0.717) is 4.74 Å². The van der Waals surface area contributed by atoms with Crippen LogP contribution in [0.3, 0.4) is 0 Å². The van der Waals surface area contributed by atoms with Gasteiger partial charge in [-0.15, -0.1) is 0 Å². The summed E-state index contributed by atoms with van der Waals surface area (Å²) in [7, 11) is 0. The summed E-state index contributed by atoms with van der Waals surface area (Å²) in [6.07, 6.45) is 4.06. The van der Waals surface area contributed by atoms with E-state index in [4.69, 9.17) is 0 Å². The first kappa shape index (κ1) is 8.70. The Labute approximate surface area is 69.7 Å². The van der Waals surface area contributed by atoms with Crippen molar-refractivity contribution in [1.82, 2.24) is 0 Å². The molecule has 1 heterocycles. The van der Waals surface area contributed by atoms with Crippen molar-refractivity contribution in [3.05, 3.63) is 27.5 Å². The van der Waals surface area contributed by atoms with E-state index in [-0.39, 0.29) is 6.04 Å². The summed E-state index contributed by atoms with van der Waals surface area (Å²) in [5.74, 6) is 0. The fourth-order valence-electron chi connectivity index (χ4n) is 0.945. The highest BCUT2D eigenvalue weighted by Gasteiger charge is 2.39. The predicted octanol–water partition coefficient (Wildman–Crippen LogP) is 0.561. The number of hydroxylamine groups is 1. The maximum Gasteiger partial charge on any atom is 0.313 e. The minimum Gasteiger partial charge on any atom is -0.623 e. The number of hydrogen-bond acceptors (Lipinski definition) is 3. The first-order valence-electron chi connectivity index (χ1n) is 3.61. The number of hydrogen-bond donors (Lipinski definition) is 0. The van der Waals surface area contributed by atoms with Crippen LogP contribution in [0.15, 0.2) is 12.2 Å². The van der Waals surface area contributed by atoms with Crippen LogP contribution in [0.2, 0.25) is 0 Å². The van der Waals surface area contributed by atoms with Gasteiger partial charge in [-0.05, 0) is 6.08 Å². The standard InChI is InChI=1S/C7H10N2O3/c1-6-3-4-7(2,9(11)12)5-8(6)10/h3-6H,1-2H3. The first-order chi connectivity index (χ1) is 5.46. The van der Waals surface area contributed by atoms with Gasteiger partial charge in [0.25, 0.3) is 0 Å². The van der Waals surface area contributed by atoms with Crippen molar-refractivity contribution >= 4 is 6.21 Å². The molecule has 0 saturated carbocycles. The van der Waals surface area contributed by atoms with Gasteiger partial charge in [0.1, 0.15) is 0 Å². The van der Waals surface area contributed by atoms with E-state index in [9.17, 15) is 15.3 Å². The van der Waals surface area contributed by atoms with Gasteiger partial charge in [0, 0.05) is 24.8 Å². The van der Waals surface area contributed by atoms with Gasteiger partial charge < -0.3 is 5.21 Å². The smallest absolute Gasteiger partial charge is 0.313 e. The second-order valence-corrected chi connectivity index (χ2v) is 3.07. The first-order valence-corrected chi connectivity index (χ1v) is 3.61. The number of rotatable bonds is 1. The van der Waals surface area contributed by atoms with E-state index < -0.39 is 10.5 Å². The van der Waals surface area contributed by atoms with Gasteiger partial charge in [-0.1, -0.05) is 0 Å². The normalized spacial score (nSPS) is 34.5. The molecule has 66 valence electrons. The van der Waals surface area contributed by atoms with Crippen LogP contribution in [0.1, 0.15) is 13.8 Å². The van der Waals surface area contributed by atoms with Crippen LogP contribution in [-0.2, 0) is 0 Å². The van der Waals surface area contributed by atoms with Crippen LogP contribution in [0.5, 0.6) is 0 Å². The minimum atomic E-state index is -1.34. The molecular weight excluding hydrogens is 160 g/mol. The monoisotopic (exact) mass is 170 g/mol. The van der Waals surface area contributed by atoms with E-state index in [1.807, 2.05) is 0 Å². The molecule has 0 bridgehead atoms. The van der Waals surface area contributed by atoms with Gasteiger partial charge in [-0.2, -0.15) is 0 Å². The van der Waals surface area contributed by atoms with Crippen molar-refractivity contribution < 1.29 is 9.66 Å². The lowest BCUT2D eigenvalue weighted by Crippen LogP contribution is -2.41. The van der Waals surface area contributed by atoms with E-state index >= 15 is 0 Å². The summed E-state index contributed by atoms with van der Waals surface area (Å²) >= 11 is 0. The Hall–Kier alpha value is -1.39. The molecule has 0 saturated heterocycles. The van der Waals surface area contributed by atoms with Crippen LogP contribution in [0, 0.1) is 15.3 Å². The second kappa shape index (κ2) is 2.58. The van der Waals surface area contributed by atoms with Crippen LogP contribution < -0.4 is 0 Å². The van der Waals surface area contributed by atoms with E-state index in [1.165, 1.54) is 19.1 Å². The SMILES string of the molecule is CC1C=CC(C)([N+](=O)[O-])C=[N+]1[O-]. The molecule has 1 aliphatic rings. The molecular formula is C7H10N2O3. The minimum absolute atomic E-state index is 0.307. The van der Waals surface area contributed by atoms with Crippen molar-refractivity contribution in [1.29, 1.82) is 0 Å². The molecule has 5 nitrogen and oxygen atoms in total. The summed E-state index contributed by atoms with van der Waals surface area (Å²) in [4.78, 5) is 10.0. The summed E-state index contributed by atoms with van der Waals surface area (Å²) in [6, 6.07) is -0.307. The molecule has 1 rings (SSSR count). The average molecular weight is 170 g/mol. The van der Waals surface area contributed by atoms with Crippen molar-refractivity contribution in [2.24, 2.45) is 0 Å². The molecule has 2 atom stereocenters. The Bertz CT molecular complexity index is 272. The second-order valence-electron chi connectivity index (χ2n) is 3.07. The molecule has 0 fully saturated rings. The zero-order chi connectivity index (χ0) is 9.35. The largest absolute Gasteiger partial charge is 0.623 e. The molecule has 0 radical (unpaired) electrons. The van der Waals surface area contributed by atoms with Gasteiger partial charge >= 0.3 is 5.54 Å². The Morgan fingerprint density at radius 2 is 2.25 bits per heavy atom. The molecule has 0 aromatic heterocycles. The summed E-state index contributed by atoms with van der Waals surface area (Å²) in [5, 5.41) is 21.5. The van der Waals surface area contributed by atoms with Crippen LogP contribution >= 0.6 is 0 Å². The summed E-state index contributed by atoms with van der Waals surface area (Å²) in [6.45, 7) is 3.07. The van der Waals surface area contributed by atoms with E-state index in [2.05, 4.69) is 0 Å². The van der Waals surface area contributed by atoms with Crippen molar-refractivity contribution in [3.8, 4) is 0 Å². The lowest BCUT2D eigenvalue weighted by Gasteiger charge is -2.18. The third-order valence-electron chi connectivity index (χ3n) is 1.90. The molecule has 0 amide bonds. The Morgan fingerprint density at radius 3 is 2.67 bits per heavy atom. The van der Waals surface area contributed by atoms with Crippen molar-refractivity contribution in [2.45, 2.75) is 25.4 Å². The van der Waals surface area contributed by atoms with Gasteiger partial charge in [-0.25, -0.2) is 4.74 Å². The number of nitro groups is 1. The predicted molar refractivity (Wildman–Crippen MR) is 43.7 cm³/mol. The molecule has 0 aromatic rings. The van der Waals surface area contributed by atoms with Gasteiger partial charge in [0.2, 0.25) is 6.21 Å². The van der Waals surface area contributed by atoms with E-state index in [0.717, 1.165) is 6.21 Å². The molecule has 0 aliphatic carbocycles. The highest BCUT2D eigenvalue weighted by Crippen LogP contribution is 2.13. The molecule has 0 spiro atoms. The molecule has 5 heteroatoms. The van der Waals surface area contributed by atoms with Crippen LogP contribution in [-0.4, -0.2) is 27.5 Å². The van der Waals surface area contributed by atoms with Gasteiger partial charge in [-0.3, -0.25) is 10.1 Å². The van der Waals surface area contributed by atoms with Crippen LogP contribution in [0.4, 0.5) is 0 Å². The van der Waals surface area contributed by atoms with Gasteiger partial charge in [0.05, 0.1) is 0 Å². The summed E-state index contributed by atoms with van der Waals surface area (Å²) < 4.78 is 0.600. The molecule has 1 aliphatic heterocycles. The lowest BCUT2D eigenvalue weighted by atomic mass is 10.0. The molecule has 0 aromatic carbocycles. The van der Waals surface area contributed by atoms with Crippen LogP contribution in [0.25, 0.3) is 0 Å². The zero-order valence-electron chi connectivity index (χ0n) is 6.93. The van der Waals surface area contributed by atoms with E-state index in [1.54, 1.807) is 6.92 Å². The lowest BCUT2D eigenvalue weighted by molar-refractivity contribution is -0.553. The zero-order valence-corrected chi connectivity index (χ0v) is 6.93. The highest BCUT2D eigenvalue weighted by atomic mass is 16.6. The topological polar surface area (TPSA) is 69.2 Å². The molecule has 0 N–H and O–H groups in total. The molecule has 12 heavy (non-hydrogen) atoms. The molecule has 2 unspecified atom stereocenters. The van der Waals surface area contributed by atoms with Crippen molar-refractivity contribution in [2.75, 3.05) is 0 Å². The summed E-state index contributed by atoms with van der Waals surface area (Å²) in [5.41, 5.74) is -1.34. The quantitative estimate of drug-likeness (QED) is 0.190. The highest BCUT2D eigenvalue weighted by molar-refractivity contribution is 5.67. The maximum absolute atomic E-state index is 11.0. The Balaban J connectivity index is 2.99. The maximum atomic E-state index is 11.0. The Kier molecular flexibility index (Phi) is 1.87. The average Bonchev–Trinajstić information content (AvgIpc) is 1.97. The van der Waals surface area contributed by atoms with Gasteiger partial charge in [0.15, 0.2) is 6.04 Å². The third kappa shape index (κ3) is 1.30.